The number of hydrogen-bond acceptors (Lipinski definition) is 3. The number of thioether (sulfide) groups is 1. The van der Waals surface area contributed by atoms with Gasteiger partial charge < -0.3 is 4.98 Å². The fraction of sp³-hybridized carbons (Fsp3) is 0.667. The third-order valence-electron chi connectivity index (χ3n) is 3.44. The summed E-state index contributed by atoms with van der Waals surface area (Å²) >= 11 is 1.92. The van der Waals surface area contributed by atoms with Crippen molar-refractivity contribution in [2.75, 3.05) is 5.75 Å². The Balaban J connectivity index is 2.01. The molecule has 1 aliphatic heterocycles. The van der Waals surface area contributed by atoms with E-state index in [0.717, 1.165) is 42.8 Å². The largest absolute Gasteiger partial charge is 0.309 e. The van der Waals surface area contributed by atoms with E-state index in [0.29, 0.717) is 5.25 Å². The SMILES string of the molecule is O=c1[nH]c(C2CCCS2)nc2c1CCCC2. The summed E-state index contributed by atoms with van der Waals surface area (Å²) in [5.74, 6) is 2.12. The Labute approximate surface area is 99.1 Å². The lowest BCUT2D eigenvalue weighted by Crippen LogP contribution is -2.23. The molecule has 2 aliphatic rings. The van der Waals surface area contributed by atoms with Gasteiger partial charge in [-0.05, 0) is 44.3 Å². The van der Waals surface area contributed by atoms with Crippen LogP contribution in [-0.2, 0) is 12.8 Å². The fourth-order valence-electron chi connectivity index (χ4n) is 2.57. The highest BCUT2D eigenvalue weighted by molar-refractivity contribution is 7.99. The minimum atomic E-state index is 0.118. The zero-order chi connectivity index (χ0) is 11.0. The number of nitrogens with zero attached hydrogens (tertiary/aromatic N) is 1. The summed E-state index contributed by atoms with van der Waals surface area (Å²) in [7, 11) is 0. The van der Waals surface area contributed by atoms with E-state index in [-0.39, 0.29) is 5.56 Å². The van der Waals surface area contributed by atoms with Crippen LogP contribution in [0, 0.1) is 0 Å². The molecule has 1 aliphatic carbocycles. The second-order valence-electron chi connectivity index (χ2n) is 4.59. The molecule has 0 spiro atoms. The highest BCUT2D eigenvalue weighted by atomic mass is 32.2. The maximum absolute atomic E-state index is 11.9. The van der Waals surface area contributed by atoms with Gasteiger partial charge in [0.15, 0.2) is 0 Å². The van der Waals surface area contributed by atoms with Crippen molar-refractivity contribution < 1.29 is 0 Å². The van der Waals surface area contributed by atoms with Crippen molar-refractivity contribution in [3.8, 4) is 0 Å². The van der Waals surface area contributed by atoms with Gasteiger partial charge in [-0.2, -0.15) is 11.8 Å². The summed E-state index contributed by atoms with van der Waals surface area (Å²) in [5, 5.41) is 0.430. The monoisotopic (exact) mass is 236 g/mol. The zero-order valence-electron chi connectivity index (χ0n) is 9.29. The van der Waals surface area contributed by atoms with Crippen LogP contribution in [0.25, 0.3) is 0 Å². The van der Waals surface area contributed by atoms with E-state index in [2.05, 4.69) is 9.97 Å². The maximum atomic E-state index is 11.9. The Hall–Kier alpha value is -0.770. The Morgan fingerprint density at radius 3 is 2.94 bits per heavy atom. The molecule has 4 heteroatoms. The van der Waals surface area contributed by atoms with Crippen molar-refractivity contribution in [3.63, 3.8) is 0 Å². The average molecular weight is 236 g/mol. The van der Waals surface area contributed by atoms with Gasteiger partial charge in [-0.3, -0.25) is 4.79 Å². The summed E-state index contributed by atoms with van der Waals surface area (Å²) in [6.07, 6.45) is 6.62. The van der Waals surface area contributed by atoms with Gasteiger partial charge in [-0.15, -0.1) is 0 Å². The normalized spacial score (nSPS) is 24.4. The molecule has 1 fully saturated rings. The molecule has 1 saturated heterocycles. The highest BCUT2D eigenvalue weighted by Gasteiger charge is 2.23. The van der Waals surface area contributed by atoms with Gasteiger partial charge in [0, 0.05) is 5.56 Å². The van der Waals surface area contributed by atoms with Gasteiger partial charge in [-0.25, -0.2) is 4.98 Å². The molecule has 0 amide bonds. The lowest BCUT2D eigenvalue weighted by molar-refractivity contribution is 0.641. The number of rotatable bonds is 1. The number of aromatic amines is 1. The van der Waals surface area contributed by atoms with Crippen molar-refractivity contribution in [2.45, 2.75) is 43.8 Å². The van der Waals surface area contributed by atoms with E-state index >= 15 is 0 Å². The van der Waals surface area contributed by atoms with Crippen molar-refractivity contribution in [3.05, 3.63) is 27.4 Å². The summed E-state index contributed by atoms with van der Waals surface area (Å²) < 4.78 is 0. The van der Waals surface area contributed by atoms with Gasteiger partial charge in [-0.1, -0.05) is 0 Å². The first-order valence-corrected chi connectivity index (χ1v) is 7.13. The molecule has 1 N–H and O–H groups in total. The number of fused-ring (bicyclic) bond motifs is 1. The Morgan fingerprint density at radius 1 is 1.25 bits per heavy atom. The van der Waals surface area contributed by atoms with Crippen molar-refractivity contribution >= 4 is 11.8 Å². The maximum Gasteiger partial charge on any atom is 0.254 e. The van der Waals surface area contributed by atoms with Crippen LogP contribution in [-0.4, -0.2) is 15.7 Å². The summed E-state index contributed by atoms with van der Waals surface area (Å²) in [5.41, 5.74) is 2.13. The molecule has 3 nitrogen and oxygen atoms in total. The second kappa shape index (κ2) is 4.24. The molecule has 0 saturated carbocycles. The van der Waals surface area contributed by atoms with Gasteiger partial charge in [0.25, 0.3) is 5.56 Å². The van der Waals surface area contributed by atoms with Gasteiger partial charge in [0.05, 0.1) is 10.9 Å². The molecule has 0 bridgehead atoms. The van der Waals surface area contributed by atoms with E-state index in [1.807, 2.05) is 11.8 Å². The number of aryl methyl sites for hydroxylation is 1. The predicted molar refractivity (Wildman–Crippen MR) is 65.9 cm³/mol. The molecule has 0 aromatic carbocycles. The molecule has 1 unspecified atom stereocenters. The quantitative estimate of drug-likeness (QED) is 0.813. The smallest absolute Gasteiger partial charge is 0.254 e. The van der Waals surface area contributed by atoms with Crippen molar-refractivity contribution in [2.24, 2.45) is 0 Å². The van der Waals surface area contributed by atoms with Crippen LogP contribution >= 0.6 is 11.8 Å². The first-order valence-electron chi connectivity index (χ1n) is 6.08. The average Bonchev–Trinajstić information content (AvgIpc) is 2.82. The first-order chi connectivity index (χ1) is 7.84. The highest BCUT2D eigenvalue weighted by Crippen LogP contribution is 2.38. The van der Waals surface area contributed by atoms with Crippen molar-refractivity contribution in [1.82, 2.24) is 9.97 Å². The van der Waals surface area contributed by atoms with Gasteiger partial charge in [0.1, 0.15) is 5.82 Å². The Kier molecular flexibility index (Phi) is 2.75. The molecule has 16 heavy (non-hydrogen) atoms. The number of H-pyrrole nitrogens is 1. The molecular formula is C12H16N2OS. The van der Waals surface area contributed by atoms with Crippen LogP contribution in [0.15, 0.2) is 4.79 Å². The van der Waals surface area contributed by atoms with E-state index in [4.69, 9.17) is 0 Å². The predicted octanol–water partition coefficient (Wildman–Crippen LogP) is 2.22. The molecule has 3 rings (SSSR count). The molecule has 2 heterocycles. The van der Waals surface area contributed by atoms with Crippen LogP contribution < -0.4 is 5.56 Å². The minimum Gasteiger partial charge on any atom is -0.309 e. The zero-order valence-corrected chi connectivity index (χ0v) is 10.1. The lowest BCUT2D eigenvalue weighted by Gasteiger charge is -2.16. The van der Waals surface area contributed by atoms with Crippen LogP contribution in [0.1, 0.15) is 48.0 Å². The molecule has 1 aromatic heterocycles. The molecule has 1 atom stereocenters. The standard InChI is InChI=1S/C12H16N2OS/c15-12-8-4-1-2-5-9(8)13-11(14-12)10-6-3-7-16-10/h10H,1-7H2,(H,13,14,15). The van der Waals surface area contributed by atoms with E-state index in [1.165, 1.54) is 18.6 Å². The van der Waals surface area contributed by atoms with E-state index in [9.17, 15) is 4.79 Å². The molecular weight excluding hydrogens is 220 g/mol. The molecule has 0 radical (unpaired) electrons. The lowest BCUT2D eigenvalue weighted by atomic mass is 9.97. The number of nitrogens with one attached hydrogen (secondary N) is 1. The van der Waals surface area contributed by atoms with Crippen LogP contribution in [0.4, 0.5) is 0 Å². The van der Waals surface area contributed by atoms with Crippen LogP contribution in [0.5, 0.6) is 0 Å². The van der Waals surface area contributed by atoms with Gasteiger partial charge in [0.2, 0.25) is 0 Å². The third kappa shape index (κ3) is 1.79. The third-order valence-corrected chi connectivity index (χ3v) is 4.83. The van der Waals surface area contributed by atoms with E-state index in [1.54, 1.807) is 0 Å². The minimum absolute atomic E-state index is 0.118. The van der Waals surface area contributed by atoms with E-state index < -0.39 is 0 Å². The number of hydrogen-bond donors (Lipinski definition) is 1. The summed E-state index contributed by atoms with van der Waals surface area (Å²) in [4.78, 5) is 19.6. The number of aromatic nitrogens is 2. The Bertz CT molecular complexity index is 449. The molecule has 1 aromatic rings. The topological polar surface area (TPSA) is 45.8 Å². The van der Waals surface area contributed by atoms with Crippen LogP contribution in [0.2, 0.25) is 0 Å². The van der Waals surface area contributed by atoms with Crippen LogP contribution in [0.3, 0.4) is 0 Å². The molecule has 86 valence electrons. The second-order valence-corrected chi connectivity index (χ2v) is 5.90. The Morgan fingerprint density at radius 2 is 2.12 bits per heavy atom. The summed E-state index contributed by atoms with van der Waals surface area (Å²) in [6, 6.07) is 0. The van der Waals surface area contributed by atoms with Gasteiger partial charge >= 0.3 is 0 Å². The van der Waals surface area contributed by atoms with Crippen molar-refractivity contribution in [1.29, 1.82) is 0 Å². The fourth-order valence-corrected chi connectivity index (χ4v) is 3.79. The summed E-state index contributed by atoms with van der Waals surface area (Å²) in [6.45, 7) is 0. The first kappa shape index (κ1) is 10.4.